The first-order valence-electron chi connectivity index (χ1n) is 8.25. The van der Waals surface area contributed by atoms with Gasteiger partial charge in [-0.25, -0.2) is 4.98 Å². The van der Waals surface area contributed by atoms with E-state index in [0.29, 0.717) is 26.6 Å². The lowest BCUT2D eigenvalue weighted by molar-refractivity contribution is -0.304. The van der Waals surface area contributed by atoms with Crippen LogP contribution in [0.1, 0.15) is 30.2 Å². The van der Waals surface area contributed by atoms with Crippen LogP contribution in [0, 0.1) is 0 Å². The number of carbonyl (C=O) groups is 1. The third-order valence-corrected chi connectivity index (χ3v) is 5.13. The van der Waals surface area contributed by atoms with Crippen molar-refractivity contribution < 1.29 is 9.90 Å². The van der Waals surface area contributed by atoms with E-state index in [1.54, 1.807) is 12.1 Å². The number of carboxylic acids is 1. The molecular formula is C20H18ClN2O2S-. The number of thiazole rings is 1. The van der Waals surface area contributed by atoms with Crippen LogP contribution in [0.4, 0.5) is 10.8 Å². The number of benzene rings is 2. The van der Waals surface area contributed by atoms with Crippen LogP contribution in [0.5, 0.6) is 0 Å². The van der Waals surface area contributed by atoms with E-state index in [1.165, 1.54) is 16.9 Å². The van der Waals surface area contributed by atoms with Crippen molar-refractivity contribution in [3.05, 3.63) is 64.0 Å². The molecule has 0 atom stereocenters. The minimum Gasteiger partial charge on any atom is -0.550 e. The van der Waals surface area contributed by atoms with Gasteiger partial charge in [-0.1, -0.05) is 55.8 Å². The summed E-state index contributed by atoms with van der Waals surface area (Å²) in [4.78, 5) is 16.4. The van der Waals surface area contributed by atoms with Gasteiger partial charge in [-0.3, -0.25) is 0 Å². The Morgan fingerprint density at radius 1 is 1.23 bits per heavy atom. The number of hydrogen-bond acceptors (Lipinski definition) is 5. The smallest absolute Gasteiger partial charge is 0.187 e. The number of hydrogen-bond donors (Lipinski definition) is 1. The van der Waals surface area contributed by atoms with Crippen LogP contribution in [0.2, 0.25) is 5.02 Å². The average Bonchev–Trinajstić information content (AvgIpc) is 2.96. The molecular weight excluding hydrogens is 368 g/mol. The van der Waals surface area contributed by atoms with Crippen molar-refractivity contribution in [3.63, 3.8) is 0 Å². The summed E-state index contributed by atoms with van der Waals surface area (Å²) in [5, 5.41) is 15.6. The summed E-state index contributed by atoms with van der Waals surface area (Å²) >= 11 is 7.32. The van der Waals surface area contributed by atoms with Crippen molar-refractivity contribution in [1.29, 1.82) is 0 Å². The summed E-state index contributed by atoms with van der Waals surface area (Å²) < 4.78 is 0. The summed E-state index contributed by atoms with van der Waals surface area (Å²) in [5.74, 6) is -0.690. The molecule has 0 amide bonds. The molecule has 0 bridgehead atoms. The molecule has 0 aliphatic heterocycles. The number of aromatic nitrogens is 1. The second kappa shape index (κ2) is 7.89. The van der Waals surface area contributed by atoms with E-state index in [1.807, 2.05) is 36.4 Å². The number of nitrogens with zero attached hydrogens (tertiary/aromatic N) is 1. The van der Waals surface area contributed by atoms with Gasteiger partial charge in [0.1, 0.15) is 0 Å². The molecule has 0 spiro atoms. The predicted molar refractivity (Wildman–Crippen MR) is 105 cm³/mol. The number of halogens is 1. The van der Waals surface area contributed by atoms with Crippen molar-refractivity contribution in [2.75, 3.05) is 5.32 Å². The predicted octanol–water partition coefficient (Wildman–Crippen LogP) is 4.62. The molecule has 0 radical (unpaired) electrons. The number of aliphatic carboxylic acids is 1. The first-order valence-corrected chi connectivity index (χ1v) is 9.44. The normalized spacial score (nSPS) is 10.9. The van der Waals surface area contributed by atoms with E-state index in [0.717, 1.165) is 11.3 Å². The van der Waals surface area contributed by atoms with Crippen LogP contribution in [0.3, 0.4) is 0 Å². The van der Waals surface area contributed by atoms with Crippen LogP contribution in [-0.4, -0.2) is 11.0 Å². The fourth-order valence-electron chi connectivity index (χ4n) is 2.60. The third-order valence-electron chi connectivity index (χ3n) is 3.93. The molecule has 1 aromatic heterocycles. The van der Waals surface area contributed by atoms with Crippen molar-refractivity contribution in [2.45, 2.75) is 26.2 Å². The van der Waals surface area contributed by atoms with Crippen LogP contribution >= 0.6 is 22.9 Å². The second-order valence-corrected chi connectivity index (χ2v) is 7.77. The maximum absolute atomic E-state index is 11.1. The van der Waals surface area contributed by atoms with E-state index in [-0.39, 0.29) is 6.42 Å². The summed E-state index contributed by atoms with van der Waals surface area (Å²) in [6, 6.07) is 15.3. The molecule has 3 aromatic rings. The van der Waals surface area contributed by atoms with Gasteiger partial charge < -0.3 is 15.2 Å². The summed E-state index contributed by atoms with van der Waals surface area (Å²) in [7, 11) is 0. The van der Waals surface area contributed by atoms with Gasteiger partial charge in [0.2, 0.25) is 0 Å². The second-order valence-electron chi connectivity index (χ2n) is 6.25. The number of rotatable bonds is 6. The largest absolute Gasteiger partial charge is 0.550 e. The van der Waals surface area contributed by atoms with Crippen molar-refractivity contribution in [1.82, 2.24) is 4.98 Å². The van der Waals surface area contributed by atoms with E-state index in [9.17, 15) is 9.90 Å². The van der Waals surface area contributed by atoms with Crippen molar-refractivity contribution >= 4 is 39.7 Å². The molecule has 6 heteroatoms. The Bertz CT molecular complexity index is 920. The maximum atomic E-state index is 11.1. The highest BCUT2D eigenvalue weighted by Crippen LogP contribution is 2.34. The van der Waals surface area contributed by atoms with E-state index >= 15 is 0 Å². The fourth-order valence-corrected chi connectivity index (χ4v) is 3.78. The first-order chi connectivity index (χ1) is 12.4. The maximum Gasteiger partial charge on any atom is 0.187 e. The standard InChI is InChI=1S/C20H19ClN2O2S/c1-12(2)13-6-8-14(9-7-13)19-17(11-18(24)25)26-20(23-19)22-16-5-3-4-15(21)10-16/h3-10,12H,11H2,1-2H3,(H,22,23)(H,24,25)/p-1. The number of carbonyl (C=O) groups excluding carboxylic acids is 1. The Balaban J connectivity index is 1.95. The molecule has 134 valence electrons. The summed E-state index contributed by atoms with van der Waals surface area (Å²) in [6.07, 6.45) is -0.170. The SMILES string of the molecule is CC(C)c1ccc(-c2nc(Nc3cccc(Cl)c3)sc2CC(=O)[O-])cc1. The molecule has 0 saturated carbocycles. The van der Waals surface area contributed by atoms with Gasteiger partial charge in [0.15, 0.2) is 5.13 Å². The lowest BCUT2D eigenvalue weighted by Gasteiger charge is -2.07. The zero-order valence-electron chi connectivity index (χ0n) is 14.5. The van der Waals surface area contributed by atoms with Gasteiger partial charge in [-0.05, 0) is 29.7 Å². The Hall–Kier alpha value is -2.37. The minimum atomic E-state index is -1.12. The zero-order chi connectivity index (χ0) is 18.7. The molecule has 0 aliphatic rings. The lowest BCUT2D eigenvalue weighted by Crippen LogP contribution is -2.24. The summed E-state index contributed by atoms with van der Waals surface area (Å²) in [5.41, 5.74) is 3.58. The van der Waals surface area contributed by atoms with E-state index in [2.05, 4.69) is 24.1 Å². The molecule has 0 saturated heterocycles. The Kier molecular flexibility index (Phi) is 5.59. The average molecular weight is 386 g/mol. The Labute approximate surface area is 161 Å². The number of carboxylic acid groups (broad SMARTS) is 1. The van der Waals surface area contributed by atoms with Gasteiger partial charge >= 0.3 is 0 Å². The molecule has 4 nitrogen and oxygen atoms in total. The Morgan fingerprint density at radius 3 is 2.58 bits per heavy atom. The van der Waals surface area contributed by atoms with Crippen LogP contribution < -0.4 is 10.4 Å². The van der Waals surface area contributed by atoms with Crippen molar-refractivity contribution in [3.8, 4) is 11.3 Å². The van der Waals surface area contributed by atoms with E-state index in [4.69, 9.17) is 11.6 Å². The quantitative estimate of drug-likeness (QED) is 0.672. The fraction of sp³-hybridized carbons (Fsp3) is 0.200. The third kappa shape index (κ3) is 4.42. The first kappa shape index (κ1) is 18.4. The summed E-state index contributed by atoms with van der Waals surface area (Å²) in [6.45, 7) is 4.26. The molecule has 3 rings (SSSR count). The Morgan fingerprint density at radius 2 is 1.96 bits per heavy atom. The number of anilines is 2. The zero-order valence-corrected chi connectivity index (χ0v) is 16.0. The number of nitrogens with one attached hydrogen (secondary N) is 1. The van der Waals surface area contributed by atoms with Gasteiger partial charge in [-0.15, -0.1) is 11.3 Å². The molecule has 0 fully saturated rings. The van der Waals surface area contributed by atoms with Crippen LogP contribution in [-0.2, 0) is 11.2 Å². The van der Waals surface area contributed by atoms with Crippen LogP contribution in [0.15, 0.2) is 48.5 Å². The minimum absolute atomic E-state index is 0.170. The van der Waals surface area contributed by atoms with Gasteiger partial charge in [0, 0.05) is 33.5 Å². The molecule has 1 heterocycles. The van der Waals surface area contributed by atoms with Crippen molar-refractivity contribution in [2.24, 2.45) is 0 Å². The highest BCUT2D eigenvalue weighted by molar-refractivity contribution is 7.16. The molecule has 0 aliphatic carbocycles. The monoisotopic (exact) mass is 385 g/mol. The highest BCUT2D eigenvalue weighted by Gasteiger charge is 2.14. The van der Waals surface area contributed by atoms with Gasteiger partial charge in [-0.2, -0.15) is 0 Å². The highest BCUT2D eigenvalue weighted by atomic mass is 35.5. The molecule has 26 heavy (non-hydrogen) atoms. The van der Waals surface area contributed by atoms with Gasteiger partial charge in [0.05, 0.1) is 5.69 Å². The van der Waals surface area contributed by atoms with E-state index < -0.39 is 5.97 Å². The van der Waals surface area contributed by atoms with Gasteiger partial charge in [0.25, 0.3) is 0 Å². The lowest BCUT2D eigenvalue weighted by atomic mass is 10.0. The van der Waals surface area contributed by atoms with Crippen LogP contribution in [0.25, 0.3) is 11.3 Å². The topological polar surface area (TPSA) is 65.0 Å². The molecule has 0 unspecified atom stereocenters. The molecule has 1 N–H and O–H groups in total. The molecule has 2 aromatic carbocycles.